The van der Waals surface area contributed by atoms with Crippen molar-refractivity contribution in [2.24, 2.45) is 11.5 Å². The van der Waals surface area contributed by atoms with E-state index in [2.05, 4.69) is 10.7 Å². The number of piperazine rings is 1. The first-order valence-electron chi connectivity index (χ1n) is 13.1. The Bertz CT molecular complexity index is 1390. The smallest absolute Gasteiger partial charge is 0.323 e. The first kappa shape index (κ1) is 31.4. The molecule has 222 valence electrons. The number of nitrogens with two attached hydrogens (primary N) is 2. The van der Waals surface area contributed by atoms with Crippen LogP contribution in [0.25, 0.3) is 0 Å². The first-order chi connectivity index (χ1) is 19.8. The van der Waals surface area contributed by atoms with Crippen LogP contribution in [0.1, 0.15) is 54.1 Å². The molecule has 14 nitrogen and oxygen atoms in total. The zero-order valence-corrected chi connectivity index (χ0v) is 23.1. The Morgan fingerprint density at radius 2 is 1.45 bits per heavy atom. The summed E-state index contributed by atoms with van der Waals surface area (Å²) in [5.41, 5.74) is 13.3. The predicted octanol–water partition coefficient (Wildman–Crippen LogP) is 0.655. The van der Waals surface area contributed by atoms with Gasteiger partial charge in [0.2, 0.25) is 5.91 Å². The van der Waals surface area contributed by atoms with E-state index in [0.29, 0.717) is 23.2 Å². The van der Waals surface area contributed by atoms with E-state index in [9.17, 15) is 29.1 Å². The summed E-state index contributed by atoms with van der Waals surface area (Å²) in [6.45, 7) is 0.564. The molecular formula is C28H34N8O6. The lowest BCUT2D eigenvalue weighted by atomic mass is 9.84. The summed E-state index contributed by atoms with van der Waals surface area (Å²) in [6, 6.07) is 12.3. The number of ketones is 1. The number of carbonyl (C=O) groups is 5. The Kier molecular flexibility index (Phi) is 10.1. The van der Waals surface area contributed by atoms with E-state index < -0.39 is 35.7 Å². The highest BCUT2D eigenvalue weighted by molar-refractivity contribution is 6.11. The molecule has 14 heteroatoms. The van der Waals surface area contributed by atoms with Crippen LogP contribution in [0.4, 0.5) is 5.69 Å². The molecule has 0 radical (unpaired) electrons. The van der Waals surface area contributed by atoms with E-state index in [1.165, 1.54) is 36.2 Å². The molecule has 0 aromatic heterocycles. The molecule has 0 saturated carbocycles. The number of anilines is 1. The van der Waals surface area contributed by atoms with Gasteiger partial charge in [-0.3, -0.25) is 40.2 Å². The Labute approximate surface area is 242 Å². The molecule has 1 atom stereocenters. The molecule has 1 aliphatic heterocycles. The fourth-order valence-corrected chi connectivity index (χ4v) is 4.73. The number of rotatable bonds is 13. The van der Waals surface area contributed by atoms with Crippen LogP contribution in [0.2, 0.25) is 0 Å². The van der Waals surface area contributed by atoms with Gasteiger partial charge in [0.15, 0.2) is 11.3 Å². The van der Waals surface area contributed by atoms with Crippen molar-refractivity contribution in [1.29, 1.82) is 10.8 Å². The van der Waals surface area contributed by atoms with Gasteiger partial charge >= 0.3 is 5.97 Å². The van der Waals surface area contributed by atoms with Gasteiger partial charge < -0.3 is 26.8 Å². The normalized spacial score (nSPS) is 16.9. The fraction of sp³-hybridized carbons (Fsp3) is 0.321. The number of benzene rings is 2. The second kappa shape index (κ2) is 13.5. The largest absolute Gasteiger partial charge is 0.480 e. The van der Waals surface area contributed by atoms with Crippen molar-refractivity contribution in [3.63, 3.8) is 0 Å². The first-order valence-corrected chi connectivity index (χ1v) is 13.1. The van der Waals surface area contributed by atoms with Crippen LogP contribution in [0.3, 0.4) is 0 Å². The molecule has 0 bridgehead atoms. The van der Waals surface area contributed by atoms with Crippen LogP contribution in [-0.2, 0) is 19.2 Å². The third kappa shape index (κ3) is 7.34. The summed E-state index contributed by atoms with van der Waals surface area (Å²) >= 11 is 0. The summed E-state index contributed by atoms with van der Waals surface area (Å²) < 4.78 is 0. The van der Waals surface area contributed by atoms with Gasteiger partial charge in [-0.25, -0.2) is 0 Å². The topological polar surface area (TPSA) is 236 Å². The van der Waals surface area contributed by atoms with Crippen molar-refractivity contribution in [2.75, 3.05) is 25.0 Å². The number of hydrogen-bond acceptors (Lipinski definition) is 8. The molecule has 2 aromatic rings. The molecule has 3 amide bonds. The van der Waals surface area contributed by atoms with Crippen LogP contribution in [0.5, 0.6) is 0 Å². The number of aliphatic carboxylic acids is 1. The zero-order valence-electron chi connectivity index (χ0n) is 23.1. The second-order valence-corrected chi connectivity index (χ2v) is 9.87. The van der Waals surface area contributed by atoms with Crippen molar-refractivity contribution in [1.82, 2.24) is 15.3 Å². The van der Waals surface area contributed by atoms with Crippen LogP contribution < -0.4 is 22.2 Å². The molecule has 42 heavy (non-hydrogen) atoms. The van der Waals surface area contributed by atoms with Gasteiger partial charge in [-0.1, -0.05) is 18.6 Å². The SMILES string of the molecule is CC(=O)[C@@]1(CCCCC(=O)Nc2ccc(C(=N)N)cc2)C(=O)N(CC(=O)O)CCN1NC(=O)c1ccc(C(=N)N)cc1. The third-order valence-electron chi connectivity index (χ3n) is 6.97. The molecular weight excluding hydrogens is 544 g/mol. The van der Waals surface area contributed by atoms with E-state index >= 15 is 0 Å². The number of nitrogen functional groups attached to an aromatic ring is 2. The molecule has 1 fully saturated rings. The Morgan fingerprint density at radius 3 is 1.98 bits per heavy atom. The van der Waals surface area contributed by atoms with Gasteiger partial charge in [0.05, 0.1) is 0 Å². The standard InChI is InChI=1S/C28H34N8O6/c1-17(37)28(13-3-2-4-22(38)33-21-11-9-19(10-12-21)25(31)32)27(42)35(16-23(39)40)14-15-36(28)34-26(41)20-7-5-18(6-8-20)24(29)30/h5-12H,2-4,13-16H2,1H3,(H3,29,30)(H3,31,32)(H,33,38)(H,34,41)(H,39,40)/t28-/m0/s1. The zero-order chi connectivity index (χ0) is 31.0. The third-order valence-corrected chi connectivity index (χ3v) is 6.97. The maximum absolute atomic E-state index is 13.6. The van der Waals surface area contributed by atoms with Crippen molar-refractivity contribution < 1.29 is 29.1 Å². The molecule has 1 heterocycles. The summed E-state index contributed by atoms with van der Waals surface area (Å²) in [7, 11) is 0. The molecule has 0 aliphatic carbocycles. The number of amidine groups is 2. The van der Waals surface area contributed by atoms with E-state index in [4.69, 9.17) is 22.3 Å². The summed E-state index contributed by atoms with van der Waals surface area (Å²) in [4.78, 5) is 64.8. The number of unbranched alkanes of at least 4 members (excludes halogenated alkanes) is 1. The van der Waals surface area contributed by atoms with E-state index in [1.807, 2.05) is 0 Å². The Morgan fingerprint density at radius 1 is 0.905 bits per heavy atom. The van der Waals surface area contributed by atoms with Crippen molar-refractivity contribution in [2.45, 2.75) is 38.1 Å². The van der Waals surface area contributed by atoms with Gasteiger partial charge in [0, 0.05) is 41.9 Å². The number of hydrogen-bond donors (Lipinski definition) is 7. The van der Waals surface area contributed by atoms with Crippen molar-refractivity contribution in [3.05, 3.63) is 65.2 Å². The maximum Gasteiger partial charge on any atom is 0.323 e. The van der Waals surface area contributed by atoms with Crippen LogP contribution >= 0.6 is 0 Å². The second-order valence-electron chi connectivity index (χ2n) is 9.87. The maximum atomic E-state index is 13.6. The van der Waals surface area contributed by atoms with Crippen molar-refractivity contribution in [3.8, 4) is 0 Å². The van der Waals surface area contributed by atoms with Gasteiger partial charge in [-0.05, 0) is 56.2 Å². The van der Waals surface area contributed by atoms with Gasteiger partial charge in [0.25, 0.3) is 11.8 Å². The predicted molar refractivity (Wildman–Crippen MR) is 154 cm³/mol. The quantitative estimate of drug-likeness (QED) is 0.0763. The summed E-state index contributed by atoms with van der Waals surface area (Å²) in [5.74, 6) is -3.73. The molecule has 3 rings (SSSR count). The van der Waals surface area contributed by atoms with Crippen molar-refractivity contribution >= 4 is 46.8 Å². The van der Waals surface area contributed by atoms with Gasteiger partial charge in [0.1, 0.15) is 18.2 Å². The van der Waals surface area contributed by atoms with E-state index in [-0.39, 0.29) is 55.5 Å². The highest BCUT2D eigenvalue weighted by atomic mass is 16.4. The van der Waals surface area contributed by atoms with Crippen LogP contribution in [0, 0.1) is 10.8 Å². The molecule has 2 aromatic carbocycles. The minimum absolute atomic E-state index is 0.00733. The monoisotopic (exact) mass is 578 g/mol. The Balaban J connectivity index is 1.73. The summed E-state index contributed by atoms with van der Waals surface area (Å²) in [5, 5.41) is 28.2. The number of hydrazine groups is 1. The lowest BCUT2D eigenvalue weighted by Crippen LogP contribution is -2.73. The highest BCUT2D eigenvalue weighted by Crippen LogP contribution is 2.29. The Hall–Kier alpha value is -5.11. The number of nitrogens with one attached hydrogen (secondary N) is 4. The molecule has 1 aliphatic rings. The molecule has 9 N–H and O–H groups in total. The minimum atomic E-state index is -1.87. The number of carboxylic acids is 1. The van der Waals surface area contributed by atoms with E-state index in [1.54, 1.807) is 24.3 Å². The fourth-order valence-electron chi connectivity index (χ4n) is 4.73. The number of carbonyl (C=O) groups excluding carboxylic acids is 4. The average molecular weight is 579 g/mol. The van der Waals surface area contributed by atoms with Crippen LogP contribution in [0.15, 0.2) is 48.5 Å². The lowest BCUT2D eigenvalue weighted by molar-refractivity contribution is -0.165. The number of Topliss-reactive ketones (excluding diaryl/α,β-unsaturated/α-hetero) is 1. The number of amides is 3. The molecule has 0 spiro atoms. The minimum Gasteiger partial charge on any atom is -0.480 e. The number of carboxylic acid groups (broad SMARTS) is 1. The van der Waals surface area contributed by atoms with E-state index in [0.717, 1.165) is 4.90 Å². The van der Waals surface area contributed by atoms with Gasteiger partial charge in [-0.2, -0.15) is 5.01 Å². The highest BCUT2D eigenvalue weighted by Gasteiger charge is 2.53. The average Bonchev–Trinajstić information content (AvgIpc) is 2.93. The summed E-state index contributed by atoms with van der Waals surface area (Å²) in [6.07, 6.45) is 0.543. The van der Waals surface area contributed by atoms with Gasteiger partial charge in [-0.15, -0.1) is 0 Å². The van der Waals surface area contributed by atoms with Crippen LogP contribution in [-0.4, -0.2) is 81.3 Å². The molecule has 0 unspecified atom stereocenters. The number of nitrogens with zero attached hydrogens (tertiary/aromatic N) is 2. The lowest BCUT2D eigenvalue weighted by Gasteiger charge is -2.47. The molecule has 1 saturated heterocycles.